The molecule has 1 aliphatic rings. The summed E-state index contributed by atoms with van der Waals surface area (Å²) in [5, 5.41) is 0. The molecule has 1 aromatic carbocycles. The number of carbonyl (C=O) groups excluding carboxylic acids is 2. The Hall–Kier alpha value is -2.26. The Kier molecular flexibility index (Phi) is 6.49. The van der Waals surface area contributed by atoms with Crippen molar-refractivity contribution in [3.8, 4) is 17.2 Å². The zero-order valence-electron chi connectivity index (χ0n) is 15.0. The van der Waals surface area contributed by atoms with Gasteiger partial charge < -0.3 is 18.9 Å². The van der Waals surface area contributed by atoms with E-state index in [0.717, 1.165) is 11.8 Å². The summed E-state index contributed by atoms with van der Waals surface area (Å²) in [5.41, 5.74) is 0.672. The lowest BCUT2D eigenvalue weighted by Crippen LogP contribution is -2.42. The van der Waals surface area contributed by atoms with E-state index in [0.29, 0.717) is 32.0 Å². The van der Waals surface area contributed by atoms with Gasteiger partial charge in [0, 0.05) is 0 Å². The fraction of sp³-hybridized carbons (Fsp3) is 0.353. The molecule has 140 valence electrons. The van der Waals surface area contributed by atoms with E-state index in [1.54, 1.807) is 25.1 Å². The average Bonchev–Trinajstić information content (AvgIpc) is 2.92. The van der Waals surface area contributed by atoms with Crippen LogP contribution in [-0.2, 0) is 14.3 Å². The van der Waals surface area contributed by atoms with Crippen LogP contribution in [0, 0.1) is 0 Å². The molecule has 26 heavy (non-hydrogen) atoms. The quantitative estimate of drug-likeness (QED) is 0.412. The Morgan fingerprint density at radius 3 is 2.19 bits per heavy atom. The van der Waals surface area contributed by atoms with Gasteiger partial charge in [-0.1, -0.05) is 24.0 Å². The molecule has 1 amide bonds. The third-order valence-corrected chi connectivity index (χ3v) is 5.07. The highest BCUT2D eigenvalue weighted by Gasteiger charge is 2.38. The first-order valence-corrected chi connectivity index (χ1v) is 8.75. The van der Waals surface area contributed by atoms with E-state index < -0.39 is 12.0 Å². The number of esters is 1. The molecular weight excluding hydrogens is 378 g/mol. The van der Waals surface area contributed by atoms with E-state index in [2.05, 4.69) is 0 Å². The van der Waals surface area contributed by atoms with Crippen LogP contribution in [-0.4, -0.2) is 55.6 Å². The molecule has 0 N–H and O–H groups in total. The monoisotopic (exact) mass is 397 g/mol. The topological polar surface area (TPSA) is 74.3 Å². The number of methoxy groups -OCH3 is 4. The van der Waals surface area contributed by atoms with Gasteiger partial charge in [0.2, 0.25) is 5.75 Å². The zero-order valence-corrected chi connectivity index (χ0v) is 16.7. The zero-order chi connectivity index (χ0) is 19.4. The van der Waals surface area contributed by atoms with Crippen molar-refractivity contribution in [1.29, 1.82) is 0 Å². The Morgan fingerprint density at radius 2 is 1.73 bits per heavy atom. The Labute approximate surface area is 161 Å². The van der Waals surface area contributed by atoms with E-state index in [-0.39, 0.29) is 5.91 Å². The van der Waals surface area contributed by atoms with Crippen LogP contribution in [0.4, 0.5) is 0 Å². The SMILES string of the molecule is COC(=O)[C@H](C)N1C(=O)/C(=C/c2cc(OC)c(OC)c(OC)c2)SC1=S. The van der Waals surface area contributed by atoms with Crippen LogP contribution in [0.1, 0.15) is 12.5 Å². The number of thioether (sulfide) groups is 1. The lowest BCUT2D eigenvalue weighted by Gasteiger charge is -2.20. The molecule has 1 atom stereocenters. The van der Waals surface area contributed by atoms with Crippen LogP contribution in [0.2, 0.25) is 0 Å². The summed E-state index contributed by atoms with van der Waals surface area (Å²) in [4.78, 5) is 26.0. The van der Waals surface area contributed by atoms with E-state index >= 15 is 0 Å². The molecule has 0 bridgehead atoms. The minimum absolute atomic E-state index is 0.298. The predicted molar refractivity (Wildman–Crippen MR) is 103 cm³/mol. The second kappa shape index (κ2) is 8.41. The second-order valence-corrected chi connectivity index (χ2v) is 6.89. The smallest absolute Gasteiger partial charge is 0.328 e. The lowest BCUT2D eigenvalue weighted by atomic mass is 10.1. The first kappa shape index (κ1) is 20.1. The number of hydrogen-bond acceptors (Lipinski definition) is 8. The molecule has 2 rings (SSSR count). The number of rotatable bonds is 6. The molecular formula is C17H19NO6S2. The Balaban J connectivity index is 2.40. The lowest BCUT2D eigenvalue weighted by molar-refractivity contribution is -0.147. The predicted octanol–water partition coefficient (Wildman–Crippen LogP) is 2.48. The minimum Gasteiger partial charge on any atom is -0.493 e. The van der Waals surface area contributed by atoms with Crippen LogP contribution in [0.15, 0.2) is 17.0 Å². The first-order chi connectivity index (χ1) is 12.4. The van der Waals surface area contributed by atoms with Crippen LogP contribution in [0.5, 0.6) is 17.2 Å². The molecule has 0 unspecified atom stereocenters. The Morgan fingerprint density at radius 1 is 1.15 bits per heavy atom. The minimum atomic E-state index is -0.793. The molecule has 1 saturated heterocycles. The molecule has 7 nitrogen and oxygen atoms in total. The second-order valence-electron chi connectivity index (χ2n) is 5.21. The van der Waals surface area contributed by atoms with Gasteiger partial charge in [-0.05, 0) is 30.7 Å². The normalized spacial score (nSPS) is 16.7. The maximum atomic E-state index is 12.7. The van der Waals surface area contributed by atoms with Crippen molar-refractivity contribution in [3.05, 3.63) is 22.6 Å². The molecule has 0 radical (unpaired) electrons. The number of benzene rings is 1. The summed E-state index contributed by atoms with van der Waals surface area (Å²) in [5.74, 6) is 0.508. The van der Waals surface area contributed by atoms with Crippen LogP contribution < -0.4 is 14.2 Å². The summed E-state index contributed by atoms with van der Waals surface area (Å²) in [6.07, 6.45) is 1.66. The van der Waals surface area contributed by atoms with Crippen molar-refractivity contribution < 1.29 is 28.5 Å². The van der Waals surface area contributed by atoms with Crippen molar-refractivity contribution in [2.75, 3.05) is 28.4 Å². The average molecular weight is 397 g/mol. The number of ether oxygens (including phenoxy) is 4. The van der Waals surface area contributed by atoms with Crippen molar-refractivity contribution in [3.63, 3.8) is 0 Å². The van der Waals surface area contributed by atoms with Gasteiger partial charge in [0.1, 0.15) is 10.4 Å². The van der Waals surface area contributed by atoms with E-state index in [1.165, 1.54) is 33.3 Å². The van der Waals surface area contributed by atoms with Gasteiger partial charge in [-0.25, -0.2) is 4.79 Å². The summed E-state index contributed by atoms with van der Waals surface area (Å²) < 4.78 is 20.9. The van der Waals surface area contributed by atoms with Crippen LogP contribution in [0.25, 0.3) is 6.08 Å². The van der Waals surface area contributed by atoms with Crippen molar-refractivity contribution in [1.82, 2.24) is 4.90 Å². The third-order valence-electron chi connectivity index (χ3n) is 3.74. The molecule has 9 heteroatoms. The van der Waals surface area contributed by atoms with Gasteiger partial charge in [0.15, 0.2) is 11.5 Å². The molecule has 1 heterocycles. The third kappa shape index (κ3) is 3.78. The summed E-state index contributed by atoms with van der Waals surface area (Å²) >= 11 is 6.36. The van der Waals surface area contributed by atoms with Gasteiger partial charge in [-0.15, -0.1) is 0 Å². The highest BCUT2D eigenvalue weighted by atomic mass is 32.2. The van der Waals surface area contributed by atoms with Crippen LogP contribution >= 0.6 is 24.0 Å². The van der Waals surface area contributed by atoms with Gasteiger partial charge in [-0.2, -0.15) is 0 Å². The molecule has 0 saturated carbocycles. The van der Waals surface area contributed by atoms with E-state index in [9.17, 15) is 9.59 Å². The highest BCUT2D eigenvalue weighted by molar-refractivity contribution is 8.26. The van der Waals surface area contributed by atoms with Crippen molar-refractivity contribution in [2.24, 2.45) is 0 Å². The standard InChI is InChI=1S/C17H19NO6S2/c1-9(16(20)24-5)18-15(19)13(26-17(18)25)8-10-6-11(21-2)14(23-4)12(7-10)22-3/h6-9H,1-5H3/b13-8-/t9-/m0/s1. The van der Waals surface area contributed by atoms with Gasteiger partial charge in [-0.3, -0.25) is 9.69 Å². The van der Waals surface area contributed by atoms with Crippen LogP contribution in [0.3, 0.4) is 0 Å². The number of carbonyl (C=O) groups is 2. The van der Waals surface area contributed by atoms with Crippen molar-refractivity contribution >= 4 is 46.3 Å². The summed E-state index contributed by atoms with van der Waals surface area (Å²) in [6, 6.07) is 2.65. The summed E-state index contributed by atoms with van der Waals surface area (Å²) in [7, 11) is 5.80. The van der Waals surface area contributed by atoms with Gasteiger partial charge in [0.05, 0.1) is 33.3 Å². The van der Waals surface area contributed by atoms with Gasteiger partial charge >= 0.3 is 5.97 Å². The number of hydrogen-bond donors (Lipinski definition) is 0. The molecule has 0 spiro atoms. The molecule has 1 aliphatic heterocycles. The van der Waals surface area contributed by atoms with Crippen molar-refractivity contribution in [2.45, 2.75) is 13.0 Å². The molecule has 1 fully saturated rings. The Bertz CT molecular complexity index is 752. The molecule has 1 aromatic rings. The van der Waals surface area contributed by atoms with E-state index in [1.807, 2.05) is 0 Å². The number of amides is 1. The largest absolute Gasteiger partial charge is 0.493 e. The molecule has 0 aromatic heterocycles. The number of thiocarbonyl (C=S) groups is 1. The first-order valence-electron chi connectivity index (χ1n) is 7.52. The highest BCUT2D eigenvalue weighted by Crippen LogP contribution is 2.40. The van der Waals surface area contributed by atoms with Gasteiger partial charge in [0.25, 0.3) is 5.91 Å². The maximum Gasteiger partial charge on any atom is 0.328 e. The fourth-order valence-electron chi connectivity index (χ4n) is 2.43. The summed E-state index contributed by atoms with van der Waals surface area (Å²) in [6.45, 7) is 1.57. The number of nitrogens with zero attached hydrogens (tertiary/aromatic N) is 1. The fourth-order valence-corrected chi connectivity index (χ4v) is 3.84. The maximum absolute atomic E-state index is 12.7. The van der Waals surface area contributed by atoms with E-state index in [4.69, 9.17) is 31.2 Å². The molecule has 0 aliphatic carbocycles.